The molecule has 0 spiro atoms. The summed E-state index contributed by atoms with van der Waals surface area (Å²) >= 11 is 0. The van der Waals surface area contributed by atoms with Gasteiger partial charge in [0.15, 0.2) is 5.82 Å². The summed E-state index contributed by atoms with van der Waals surface area (Å²) < 4.78 is 5.52. The Labute approximate surface area is 148 Å². The molecule has 1 aliphatic heterocycles. The van der Waals surface area contributed by atoms with Crippen molar-refractivity contribution in [1.29, 1.82) is 0 Å². The fourth-order valence-electron chi connectivity index (χ4n) is 3.35. The van der Waals surface area contributed by atoms with Crippen molar-refractivity contribution in [2.45, 2.75) is 37.5 Å². The van der Waals surface area contributed by atoms with Gasteiger partial charge in [0, 0.05) is 23.4 Å². The molecule has 1 saturated carbocycles. The van der Waals surface area contributed by atoms with Gasteiger partial charge < -0.3 is 9.84 Å². The molecule has 2 fully saturated rings. The monoisotopic (exact) mass is 356 g/mol. The molecule has 1 N–H and O–H groups in total. The van der Waals surface area contributed by atoms with Gasteiger partial charge in [-0.25, -0.2) is 0 Å². The van der Waals surface area contributed by atoms with Crippen LogP contribution in [-0.4, -0.2) is 28.2 Å². The molecule has 4 rings (SSSR count). The van der Waals surface area contributed by atoms with E-state index in [4.69, 9.17) is 9.51 Å². The van der Waals surface area contributed by atoms with Crippen LogP contribution < -0.4 is 5.32 Å². The van der Waals surface area contributed by atoms with Crippen molar-refractivity contribution >= 4 is 24.8 Å². The molecule has 126 valence electrons. The van der Waals surface area contributed by atoms with Crippen LogP contribution in [0.3, 0.4) is 0 Å². The van der Waals surface area contributed by atoms with E-state index < -0.39 is 0 Å². The first-order chi connectivity index (χ1) is 10.4. The number of nitrogens with zero attached hydrogens (tertiary/aromatic N) is 3. The van der Waals surface area contributed by atoms with Gasteiger partial charge in [-0.3, -0.25) is 4.98 Å². The summed E-state index contributed by atoms with van der Waals surface area (Å²) in [6.45, 7) is 2.09. The maximum absolute atomic E-state index is 5.52. The standard InChI is InChI=1S/C16H20N4O.2ClH/c1-2-12(1)11-16(5-9-18-10-6-16)15-19-14(21-20-15)13-3-7-17-8-4-13;;/h3-4,7-8,12,18H,1-2,5-6,9-11H2;2*1H. The van der Waals surface area contributed by atoms with E-state index in [-0.39, 0.29) is 30.2 Å². The van der Waals surface area contributed by atoms with Crippen LogP contribution in [0.15, 0.2) is 29.0 Å². The second kappa shape index (κ2) is 7.60. The summed E-state index contributed by atoms with van der Waals surface area (Å²) in [5.74, 6) is 2.38. The van der Waals surface area contributed by atoms with E-state index in [1.807, 2.05) is 12.1 Å². The molecule has 2 aromatic heterocycles. The van der Waals surface area contributed by atoms with Crippen LogP contribution in [-0.2, 0) is 5.41 Å². The summed E-state index contributed by atoms with van der Waals surface area (Å²) in [4.78, 5) is 8.75. The van der Waals surface area contributed by atoms with E-state index in [1.54, 1.807) is 12.4 Å². The average Bonchev–Trinajstić information content (AvgIpc) is 3.20. The Morgan fingerprint density at radius 1 is 1.13 bits per heavy atom. The second-order valence-corrected chi connectivity index (χ2v) is 6.34. The van der Waals surface area contributed by atoms with Gasteiger partial charge in [-0.15, -0.1) is 24.8 Å². The van der Waals surface area contributed by atoms with Crippen LogP contribution in [0.2, 0.25) is 0 Å². The molecule has 1 saturated heterocycles. The Bertz CT molecular complexity index is 610. The van der Waals surface area contributed by atoms with Crippen LogP contribution in [0, 0.1) is 5.92 Å². The van der Waals surface area contributed by atoms with Crippen LogP contribution >= 0.6 is 24.8 Å². The van der Waals surface area contributed by atoms with E-state index in [0.29, 0.717) is 5.89 Å². The maximum atomic E-state index is 5.52. The van der Waals surface area contributed by atoms with E-state index in [9.17, 15) is 0 Å². The highest BCUT2D eigenvalue weighted by atomic mass is 35.5. The lowest BCUT2D eigenvalue weighted by atomic mass is 9.74. The Morgan fingerprint density at radius 2 is 1.83 bits per heavy atom. The van der Waals surface area contributed by atoms with Crippen molar-refractivity contribution in [2.75, 3.05) is 13.1 Å². The Morgan fingerprint density at radius 3 is 2.48 bits per heavy atom. The SMILES string of the molecule is Cl.Cl.c1cc(-c2nc(C3(CC4CC4)CCNCC3)no2)ccn1. The Hall–Kier alpha value is -1.17. The van der Waals surface area contributed by atoms with Crippen molar-refractivity contribution in [2.24, 2.45) is 5.92 Å². The minimum atomic E-state index is 0. The van der Waals surface area contributed by atoms with Crippen molar-refractivity contribution < 1.29 is 4.52 Å². The second-order valence-electron chi connectivity index (χ2n) is 6.34. The van der Waals surface area contributed by atoms with Crippen molar-refractivity contribution in [3.05, 3.63) is 30.4 Å². The molecular weight excluding hydrogens is 335 g/mol. The summed E-state index contributed by atoms with van der Waals surface area (Å²) in [5, 5.41) is 7.78. The van der Waals surface area contributed by atoms with E-state index in [2.05, 4.69) is 15.5 Å². The van der Waals surface area contributed by atoms with Gasteiger partial charge in [-0.2, -0.15) is 4.98 Å². The fourth-order valence-corrected chi connectivity index (χ4v) is 3.35. The number of pyridine rings is 1. The molecule has 0 radical (unpaired) electrons. The predicted octanol–water partition coefficient (Wildman–Crippen LogP) is 3.40. The van der Waals surface area contributed by atoms with Gasteiger partial charge in [0.2, 0.25) is 0 Å². The Balaban J connectivity index is 0.000000960. The molecule has 3 heterocycles. The lowest BCUT2D eigenvalue weighted by molar-refractivity contribution is 0.251. The number of nitrogens with one attached hydrogen (secondary N) is 1. The fraction of sp³-hybridized carbons (Fsp3) is 0.562. The van der Waals surface area contributed by atoms with Crippen LogP contribution in [0.5, 0.6) is 0 Å². The van der Waals surface area contributed by atoms with Gasteiger partial charge in [-0.1, -0.05) is 18.0 Å². The first-order valence-electron chi connectivity index (χ1n) is 7.81. The summed E-state index contributed by atoms with van der Waals surface area (Å²) in [5.41, 5.74) is 1.06. The summed E-state index contributed by atoms with van der Waals surface area (Å²) in [7, 11) is 0. The molecule has 7 heteroatoms. The molecule has 0 atom stereocenters. The Kier molecular flexibility index (Phi) is 6.00. The predicted molar refractivity (Wildman–Crippen MR) is 93.1 cm³/mol. The molecular formula is C16H22Cl2N4O. The largest absolute Gasteiger partial charge is 0.334 e. The summed E-state index contributed by atoms with van der Waals surface area (Å²) in [6, 6.07) is 3.82. The zero-order chi connectivity index (χ0) is 14.1. The average molecular weight is 357 g/mol. The first-order valence-corrected chi connectivity index (χ1v) is 7.81. The number of halogens is 2. The van der Waals surface area contributed by atoms with Gasteiger partial charge in [0.25, 0.3) is 5.89 Å². The number of aromatic nitrogens is 3. The van der Waals surface area contributed by atoms with E-state index >= 15 is 0 Å². The number of hydrogen-bond donors (Lipinski definition) is 1. The van der Waals surface area contributed by atoms with Crippen LogP contribution in [0.4, 0.5) is 0 Å². The molecule has 1 aliphatic carbocycles. The van der Waals surface area contributed by atoms with Gasteiger partial charge in [-0.05, 0) is 50.4 Å². The third-order valence-electron chi connectivity index (χ3n) is 4.76. The maximum Gasteiger partial charge on any atom is 0.258 e. The highest BCUT2D eigenvalue weighted by Crippen LogP contribution is 2.45. The lowest BCUT2D eigenvalue weighted by Crippen LogP contribution is -2.41. The van der Waals surface area contributed by atoms with E-state index in [0.717, 1.165) is 43.2 Å². The van der Waals surface area contributed by atoms with Crippen LogP contribution in [0.25, 0.3) is 11.5 Å². The first kappa shape index (κ1) is 18.2. The minimum Gasteiger partial charge on any atom is -0.334 e. The van der Waals surface area contributed by atoms with Crippen molar-refractivity contribution in [3.63, 3.8) is 0 Å². The van der Waals surface area contributed by atoms with Gasteiger partial charge >= 0.3 is 0 Å². The van der Waals surface area contributed by atoms with Crippen molar-refractivity contribution in [1.82, 2.24) is 20.4 Å². The molecule has 0 aromatic carbocycles. The molecule has 5 nitrogen and oxygen atoms in total. The smallest absolute Gasteiger partial charge is 0.258 e. The molecule has 0 amide bonds. The third-order valence-corrected chi connectivity index (χ3v) is 4.76. The van der Waals surface area contributed by atoms with Gasteiger partial charge in [0.05, 0.1) is 0 Å². The van der Waals surface area contributed by atoms with Crippen molar-refractivity contribution in [3.8, 4) is 11.5 Å². The molecule has 0 unspecified atom stereocenters. The quantitative estimate of drug-likeness (QED) is 0.909. The number of rotatable bonds is 4. The topological polar surface area (TPSA) is 63.8 Å². The number of piperidine rings is 1. The van der Waals surface area contributed by atoms with E-state index in [1.165, 1.54) is 19.3 Å². The summed E-state index contributed by atoms with van der Waals surface area (Å²) in [6.07, 6.45) is 9.67. The highest BCUT2D eigenvalue weighted by molar-refractivity contribution is 5.85. The molecule has 2 aliphatic rings. The third kappa shape index (κ3) is 3.84. The lowest BCUT2D eigenvalue weighted by Gasteiger charge is -2.35. The van der Waals surface area contributed by atoms with Crippen LogP contribution in [0.1, 0.15) is 37.9 Å². The molecule has 23 heavy (non-hydrogen) atoms. The normalized spacial score (nSPS) is 19.5. The molecule has 0 bridgehead atoms. The minimum absolute atomic E-state index is 0. The zero-order valence-corrected chi connectivity index (χ0v) is 14.5. The zero-order valence-electron chi connectivity index (χ0n) is 12.9. The van der Waals surface area contributed by atoms with Gasteiger partial charge in [0.1, 0.15) is 0 Å². The number of hydrogen-bond acceptors (Lipinski definition) is 5. The highest BCUT2D eigenvalue weighted by Gasteiger charge is 2.42. The molecule has 2 aromatic rings.